The number of anilines is 2. The van der Waals surface area contributed by atoms with E-state index in [4.69, 9.17) is 10.7 Å². The average molecular weight is 454 g/mol. The molecule has 0 spiro atoms. The summed E-state index contributed by atoms with van der Waals surface area (Å²) in [5.74, 6) is 3.37. The van der Waals surface area contributed by atoms with E-state index < -0.39 is 0 Å². The third-order valence-corrected chi connectivity index (χ3v) is 6.15. The van der Waals surface area contributed by atoms with Gasteiger partial charge < -0.3 is 26.6 Å². The van der Waals surface area contributed by atoms with E-state index in [9.17, 15) is 4.79 Å². The van der Waals surface area contributed by atoms with E-state index in [0.717, 1.165) is 43.1 Å². The molecular formula is C25H39N7O. The van der Waals surface area contributed by atoms with Crippen LogP contribution in [0.2, 0.25) is 0 Å². The van der Waals surface area contributed by atoms with Gasteiger partial charge in [0.25, 0.3) is 0 Å². The maximum absolute atomic E-state index is 12.0. The first-order chi connectivity index (χ1) is 16.0. The highest BCUT2D eigenvalue weighted by molar-refractivity contribution is 6.00. The van der Waals surface area contributed by atoms with Crippen LogP contribution in [0.15, 0.2) is 47.4 Å². The number of rotatable bonds is 13. The van der Waals surface area contributed by atoms with Crippen molar-refractivity contribution in [3.63, 3.8) is 0 Å². The van der Waals surface area contributed by atoms with E-state index in [1.807, 2.05) is 24.1 Å². The molecule has 2 aliphatic rings. The smallest absolute Gasteiger partial charge is 0.223 e. The van der Waals surface area contributed by atoms with Gasteiger partial charge in [-0.1, -0.05) is 19.1 Å². The molecule has 0 aliphatic heterocycles. The second-order valence-electron chi connectivity index (χ2n) is 8.86. The fourth-order valence-electron chi connectivity index (χ4n) is 3.80. The van der Waals surface area contributed by atoms with Gasteiger partial charge in [0, 0.05) is 39.1 Å². The van der Waals surface area contributed by atoms with Crippen LogP contribution in [0.25, 0.3) is 0 Å². The molecule has 1 aromatic heterocycles. The Kier molecular flexibility index (Phi) is 9.30. The molecule has 0 radical (unpaired) electrons. The van der Waals surface area contributed by atoms with Gasteiger partial charge in [0.2, 0.25) is 5.91 Å². The number of amides is 1. The fraction of sp³-hybridized carbons (Fsp3) is 0.560. The molecule has 0 unspecified atom stereocenters. The predicted molar refractivity (Wildman–Crippen MR) is 136 cm³/mol. The molecule has 0 atom stereocenters. The zero-order chi connectivity index (χ0) is 23.6. The van der Waals surface area contributed by atoms with Crippen molar-refractivity contribution in [1.29, 1.82) is 0 Å². The minimum atomic E-state index is 0.196. The highest BCUT2D eigenvalue weighted by Gasteiger charge is 2.29. The van der Waals surface area contributed by atoms with Gasteiger partial charge >= 0.3 is 0 Å². The monoisotopic (exact) mass is 453 g/mol. The van der Waals surface area contributed by atoms with Crippen molar-refractivity contribution in [2.75, 3.05) is 43.4 Å². The number of nitrogens with two attached hydrogens (primary N) is 1. The van der Waals surface area contributed by atoms with Crippen molar-refractivity contribution in [3.8, 4) is 0 Å². The number of likely N-dealkylation sites (N-methyl/N-ethyl adjacent to an activating group) is 1. The van der Waals surface area contributed by atoms with Gasteiger partial charge in [-0.2, -0.15) is 0 Å². The number of aliphatic imine (C=N–C) groups is 1. The molecule has 1 amide bonds. The second kappa shape index (κ2) is 12.4. The Labute approximate surface area is 197 Å². The highest BCUT2D eigenvalue weighted by atomic mass is 16.1. The molecule has 3 rings (SSSR count). The second-order valence-corrected chi connectivity index (χ2v) is 8.86. The lowest BCUT2D eigenvalue weighted by Gasteiger charge is -2.23. The predicted octanol–water partition coefficient (Wildman–Crippen LogP) is 3.01. The molecule has 5 N–H and O–H groups in total. The summed E-state index contributed by atoms with van der Waals surface area (Å²) in [6.45, 7) is 8.84. The van der Waals surface area contributed by atoms with E-state index in [0.29, 0.717) is 31.4 Å². The number of hydrogen-bond acceptors (Lipinski definition) is 6. The van der Waals surface area contributed by atoms with Crippen LogP contribution >= 0.6 is 0 Å². The molecule has 0 bridgehead atoms. The Morgan fingerprint density at radius 3 is 2.67 bits per heavy atom. The average Bonchev–Trinajstić information content (AvgIpc) is 3.58. The van der Waals surface area contributed by atoms with Gasteiger partial charge in [-0.15, -0.1) is 0 Å². The summed E-state index contributed by atoms with van der Waals surface area (Å²) in [5, 5.41) is 9.68. The number of carbonyl (C=O) groups excluding carboxylic acids is 1. The third-order valence-electron chi connectivity index (χ3n) is 6.15. The summed E-state index contributed by atoms with van der Waals surface area (Å²) in [5.41, 5.74) is 7.70. The van der Waals surface area contributed by atoms with Gasteiger partial charge in [0.1, 0.15) is 17.5 Å². The van der Waals surface area contributed by atoms with Crippen LogP contribution < -0.4 is 26.6 Å². The summed E-state index contributed by atoms with van der Waals surface area (Å²) >= 11 is 0. The van der Waals surface area contributed by atoms with Crippen LogP contribution in [0.1, 0.15) is 45.4 Å². The number of aromatic nitrogens is 1. The minimum absolute atomic E-state index is 0.196. The zero-order valence-electron chi connectivity index (χ0n) is 20.1. The topological polar surface area (TPSA) is 108 Å². The van der Waals surface area contributed by atoms with Crippen LogP contribution in [-0.4, -0.2) is 50.0 Å². The number of allylic oxidation sites excluding steroid dienone is 1. The Balaban J connectivity index is 1.52. The molecule has 0 saturated heterocycles. The molecular weight excluding hydrogens is 414 g/mol. The number of amidine groups is 1. The summed E-state index contributed by atoms with van der Waals surface area (Å²) in [4.78, 5) is 23.3. The molecule has 8 nitrogen and oxygen atoms in total. The molecule has 180 valence electrons. The van der Waals surface area contributed by atoms with Crippen LogP contribution in [0, 0.1) is 11.8 Å². The normalized spacial score (nSPS) is 16.7. The molecule has 2 saturated carbocycles. The summed E-state index contributed by atoms with van der Waals surface area (Å²) < 4.78 is 0. The van der Waals surface area contributed by atoms with Crippen molar-refractivity contribution in [2.45, 2.75) is 45.4 Å². The van der Waals surface area contributed by atoms with Crippen LogP contribution in [0.4, 0.5) is 11.5 Å². The molecule has 2 fully saturated rings. The number of carbonyl (C=O) groups is 1. The van der Waals surface area contributed by atoms with E-state index in [1.54, 1.807) is 6.20 Å². The molecule has 8 heteroatoms. The third kappa shape index (κ3) is 7.60. The first kappa shape index (κ1) is 24.8. The van der Waals surface area contributed by atoms with Crippen molar-refractivity contribution >= 4 is 23.2 Å². The Hall–Kier alpha value is -2.87. The Morgan fingerprint density at radius 1 is 1.30 bits per heavy atom. The van der Waals surface area contributed by atoms with Crippen LogP contribution in [0.5, 0.6) is 0 Å². The molecule has 1 aromatic rings. The highest BCUT2D eigenvalue weighted by Crippen LogP contribution is 2.37. The van der Waals surface area contributed by atoms with Crippen molar-refractivity contribution in [2.24, 2.45) is 22.6 Å². The first-order valence-corrected chi connectivity index (χ1v) is 12.1. The van der Waals surface area contributed by atoms with Crippen LogP contribution in [0.3, 0.4) is 0 Å². The SMILES string of the molecule is C=C(NC(=NCCCNC(=O)C1CCC1)/C(=C\C)C1CC1)Nc1ccc(N(C)CCN)nc1. The molecule has 2 aliphatic carbocycles. The molecule has 1 heterocycles. The summed E-state index contributed by atoms with van der Waals surface area (Å²) in [7, 11) is 1.97. The van der Waals surface area contributed by atoms with Gasteiger partial charge in [0.05, 0.1) is 11.9 Å². The number of nitrogens with one attached hydrogen (secondary N) is 3. The molecule has 0 aromatic carbocycles. The van der Waals surface area contributed by atoms with Crippen molar-refractivity contribution in [3.05, 3.63) is 42.4 Å². The zero-order valence-corrected chi connectivity index (χ0v) is 20.1. The Bertz CT molecular complexity index is 854. The quantitative estimate of drug-likeness (QED) is 0.208. The lowest BCUT2D eigenvalue weighted by Crippen LogP contribution is -2.35. The lowest BCUT2D eigenvalue weighted by atomic mass is 9.85. The Morgan fingerprint density at radius 2 is 2.09 bits per heavy atom. The van der Waals surface area contributed by atoms with Gasteiger partial charge in [0.15, 0.2) is 0 Å². The van der Waals surface area contributed by atoms with Crippen molar-refractivity contribution in [1.82, 2.24) is 15.6 Å². The fourth-order valence-corrected chi connectivity index (χ4v) is 3.80. The summed E-state index contributed by atoms with van der Waals surface area (Å²) in [6.07, 6.45) is 10.4. The lowest BCUT2D eigenvalue weighted by molar-refractivity contribution is -0.127. The number of pyridine rings is 1. The molecule has 33 heavy (non-hydrogen) atoms. The maximum Gasteiger partial charge on any atom is 0.223 e. The van der Waals surface area contributed by atoms with E-state index in [2.05, 4.69) is 40.5 Å². The number of nitrogens with zero attached hydrogens (tertiary/aromatic N) is 3. The van der Waals surface area contributed by atoms with E-state index in [1.165, 1.54) is 24.8 Å². The maximum atomic E-state index is 12.0. The first-order valence-electron chi connectivity index (χ1n) is 12.1. The van der Waals surface area contributed by atoms with E-state index in [-0.39, 0.29) is 11.8 Å². The standard InChI is InChI=1S/C25H39N7O/c1-4-22(19-9-10-19)24(27-14-6-15-28-25(33)20-7-5-8-20)31-18(2)30-21-11-12-23(29-17-21)32(3)16-13-26/h4,11-12,17,19-20,30H,2,5-10,13-16,26H2,1,3H3,(H,27,31)(H,28,33)/b22-4-. The summed E-state index contributed by atoms with van der Waals surface area (Å²) in [6, 6.07) is 3.93. The van der Waals surface area contributed by atoms with Gasteiger partial charge in [-0.25, -0.2) is 4.98 Å². The van der Waals surface area contributed by atoms with Gasteiger partial charge in [-0.3, -0.25) is 9.79 Å². The van der Waals surface area contributed by atoms with Crippen molar-refractivity contribution < 1.29 is 4.79 Å². The van der Waals surface area contributed by atoms with Crippen LogP contribution in [-0.2, 0) is 4.79 Å². The largest absolute Gasteiger partial charge is 0.358 e. The van der Waals surface area contributed by atoms with E-state index >= 15 is 0 Å². The minimum Gasteiger partial charge on any atom is -0.358 e. The number of hydrogen-bond donors (Lipinski definition) is 4. The van der Waals surface area contributed by atoms with Gasteiger partial charge in [-0.05, 0) is 62.7 Å².